The summed E-state index contributed by atoms with van der Waals surface area (Å²) in [5.41, 5.74) is 10.7. The highest BCUT2D eigenvalue weighted by atomic mass is 16.7. The second-order valence-corrected chi connectivity index (χ2v) is 8.45. The highest BCUT2D eigenvalue weighted by Crippen LogP contribution is 2.44. The van der Waals surface area contributed by atoms with Crippen LogP contribution in [-0.4, -0.2) is 35.4 Å². The quantitative estimate of drug-likeness (QED) is 0.254. The fourth-order valence-electron chi connectivity index (χ4n) is 4.55. The zero-order valence-corrected chi connectivity index (χ0v) is 18.7. The van der Waals surface area contributed by atoms with Crippen LogP contribution in [0, 0.1) is 0 Å². The minimum atomic E-state index is -1.50. The largest absolute Gasteiger partial charge is 0.464 e. The van der Waals surface area contributed by atoms with E-state index < -0.39 is 29.7 Å². The third-order valence-electron chi connectivity index (χ3n) is 6.28. The van der Waals surface area contributed by atoms with Gasteiger partial charge in [0.1, 0.15) is 6.61 Å². The van der Waals surface area contributed by atoms with Gasteiger partial charge in [0.25, 0.3) is 11.8 Å². The number of carbonyl (C=O) groups excluding carboxylic acids is 4. The van der Waals surface area contributed by atoms with Gasteiger partial charge in [-0.3, -0.25) is 14.4 Å². The van der Waals surface area contributed by atoms with E-state index in [1.165, 1.54) is 12.1 Å². The number of imide groups is 1. The molecular weight excluding hydrogens is 448 g/mol. The van der Waals surface area contributed by atoms with Crippen molar-refractivity contribution in [2.24, 2.45) is 0 Å². The van der Waals surface area contributed by atoms with Gasteiger partial charge in [0.05, 0.1) is 0 Å². The van der Waals surface area contributed by atoms with E-state index in [2.05, 4.69) is 0 Å². The van der Waals surface area contributed by atoms with Crippen LogP contribution in [0.1, 0.15) is 41.4 Å². The Kier molecular flexibility index (Phi) is 5.78. The summed E-state index contributed by atoms with van der Waals surface area (Å²) in [6.07, 6.45) is -0.104. The van der Waals surface area contributed by atoms with E-state index in [-0.39, 0.29) is 30.9 Å². The summed E-state index contributed by atoms with van der Waals surface area (Å²) in [7, 11) is 0. The van der Waals surface area contributed by atoms with Gasteiger partial charge in [0.2, 0.25) is 0 Å². The lowest BCUT2D eigenvalue weighted by Crippen LogP contribution is -2.36. The van der Waals surface area contributed by atoms with Crippen molar-refractivity contribution in [2.75, 3.05) is 12.3 Å². The highest BCUT2D eigenvalue weighted by molar-refractivity contribution is 6.05. The zero-order chi connectivity index (χ0) is 24.5. The molecule has 1 saturated heterocycles. The van der Waals surface area contributed by atoms with Crippen molar-refractivity contribution in [2.45, 2.75) is 24.7 Å². The topological polar surface area (TPSA) is 116 Å². The minimum absolute atomic E-state index is 0.00713. The fourth-order valence-corrected chi connectivity index (χ4v) is 4.55. The molecule has 1 fully saturated rings. The Bertz CT molecular complexity index is 1270. The van der Waals surface area contributed by atoms with Crippen LogP contribution in [0.15, 0.2) is 72.8 Å². The number of nitrogens with zero attached hydrogens (tertiary/aromatic N) is 1. The van der Waals surface area contributed by atoms with E-state index in [0.717, 1.165) is 22.3 Å². The van der Waals surface area contributed by atoms with E-state index in [0.29, 0.717) is 10.8 Å². The van der Waals surface area contributed by atoms with Crippen molar-refractivity contribution in [1.82, 2.24) is 5.06 Å². The van der Waals surface area contributed by atoms with Crippen LogP contribution in [0.3, 0.4) is 0 Å². The van der Waals surface area contributed by atoms with Gasteiger partial charge in [-0.15, -0.1) is 5.06 Å². The summed E-state index contributed by atoms with van der Waals surface area (Å²) < 4.78 is 5.67. The molecule has 8 heteroatoms. The minimum Gasteiger partial charge on any atom is -0.464 e. The zero-order valence-electron chi connectivity index (χ0n) is 18.7. The van der Waals surface area contributed by atoms with Crippen LogP contribution in [-0.2, 0) is 28.8 Å². The van der Waals surface area contributed by atoms with Gasteiger partial charge in [0, 0.05) is 24.4 Å². The molecule has 0 bridgehead atoms. The lowest BCUT2D eigenvalue weighted by atomic mass is 9.97. The monoisotopic (exact) mass is 470 g/mol. The summed E-state index contributed by atoms with van der Waals surface area (Å²) in [6, 6.07) is 21.9. The molecule has 1 atom stereocenters. The first-order valence-electron chi connectivity index (χ1n) is 11.2. The van der Waals surface area contributed by atoms with E-state index in [4.69, 9.17) is 15.3 Å². The molecule has 0 spiro atoms. The lowest BCUT2D eigenvalue weighted by molar-refractivity contribution is -0.200. The summed E-state index contributed by atoms with van der Waals surface area (Å²) in [5, 5.41) is 0.420. The van der Waals surface area contributed by atoms with Crippen LogP contribution >= 0.6 is 0 Å². The van der Waals surface area contributed by atoms with Crippen molar-refractivity contribution in [3.8, 4) is 11.1 Å². The van der Waals surface area contributed by atoms with Crippen LogP contribution in [0.5, 0.6) is 0 Å². The smallest absolute Gasteiger partial charge is 0.351 e. The number of hydrogen-bond donors (Lipinski definition) is 1. The number of nitrogen functional groups attached to an aromatic ring is 1. The van der Waals surface area contributed by atoms with Crippen LogP contribution in [0.25, 0.3) is 11.1 Å². The number of anilines is 1. The molecule has 1 heterocycles. The second kappa shape index (κ2) is 9.06. The molecule has 1 aliphatic carbocycles. The highest BCUT2D eigenvalue weighted by Gasteiger charge is 2.39. The Morgan fingerprint density at radius 3 is 1.94 bits per heavy atom. The van der Waals surface area contributed by atoms with Gasteiger partial charge in [-0.05, 0) is 39.9 Å². The summed E-state index contributed by atoms with van der Waals surface area (Å²) in [5.74, 6) is -4.88. The molecule has 8 nitrogen and oxygen atoms in total. The average molecular weight is 470 g/mol. The number of carbonyl (C=O) groups is 4. The van der Waals surface area contributed by atoms with Gasteiger partial charge >= 0.3 is 11.9 Å². The third kappa shape index (κ3) is 4.14. The Morgan fingerprint density at radius 2 is 1.37 bits per heavy atom. The summed E-state index contributed by atoms with van der Waals surface area (Å²) in [6.45, 7) is 0.00713. The molecule has 35 heavy (non-hydrogen) atoms. The Morgan fingerprint density at radius 1 is 0.829 bits per heavy atom. The van der Waals surface area contributed by atoms with E-state index >= 15 is 0 Å². The Labute approximate surface area is 201 Å². The first kappa shape index (κ1) is 22.3. The molecule has 0 radical (unpaired) electrons. The second-order valence-electron chi connectivity index (χ2n) is 8.45. The van der Waals surface area contributed by atoms with Crippen molar-refractivity contribution in [3.05, 3.63) is 89.5 Å². The number of fused-ring (bicyclic) bond motifs is 3. The number of benzene rings is 3. The summed E-state index contributed by atoms with van der Waals surface area (Å²) >= 11 is 0. The van der Waals surface area contributed by atoms with Gasteiger partial charge in [0.15, 0.2) is 5.92 Å². The third-order valence-corrected chi connectivity index (χ3v) is 6.28. The number of nitrogens with two attached hydrogens (primary N) is 1. The standard InChI is InChI=1S/C27H22N2O6/c28-17-11-9-16(10-12-17)25(27(33)35-29-23(30)13-14-24(29)31)26(32)34-15-22-20-7-3-1-5-18(20)19-6-2-4-8-21(19)22/h1-12,22,25H,13-15,28H2. The SMILES string of the molecule is Nc1ccc(C(C(=O)OCC2c3ccccc3-c3ccccc32)C(=O)ON2C(=O)CCC2=O)cc1. The predicted octanol–water partition coefficient (Wildman–Crippen LogP) is 3.32. The predicted molar refractivity (Wildman–Crippen MR) is 125 cm³/mol. The number of esters is 1. The maximum atomic E-state index is 13.2. The first-order valence-corrected chi connectivity index (χ1v) is 11.2. The lowest BCUT2D eigenvalue weighted by Gasteiger charge is -2.20. The fraction of sp³-hybridized carbons (Fsp3) is 0.185. The molecule has 2 N–H and O–H groups in total. The Hall–Kier alpha value is -4.46. The van der Waals surface area contributed by atoms with Crippen molar-refractivity contribution < 1.29 is 28.8 Å². The average Bonchev–Trinajstić information content (AvgIpc) is 3.36. The molecule has 2 amide bonds. The normalized spacial score (nSPS) is 15.5. The van der Waals surface area contributed by atoms with Gasteiger partial charge in [-0.1, -0.05) is 60.7 Å². The van der Waals surface area contributed by atoms with Gasteiger partial charge in [-0.25, -0.2) is 4.79 Å². The maximum Gasteiger partial charge on any atom is 0.351 e. The molecule has 2 aliphatic rings. The van der Waals surface area contributed by atoms with Gasteiger partial charge < -0.3 is 15.3 Å². The Balaban J connectivity index is 1.39. The number of hydrogen-bond acceptors (Lipinski definition) is 7. The molecule has 3 aromatic rings. The van der Waals surface area contributed by atoms with Crippen LogP contribution in [0.2, 0.25) is 0 Å². The van der Waals surface area contributed by atoms with E-state index in [9.17, 15) is 19.2 Å². The number of ether oxygens (including phenoxy) is 1. The maximum absolute atomic E-state index is 13.2. The number of rotatable bonds is 6. The molecule has 5 rings (SSSR count). The summed E-state index contributed by atoms with van der Waals surface area (Å²) in [4.78, 5) is 55.2. The number of amides is 2. The van der Waals surface area contributed by atoms with Crippen molar-refractivity contribution in [1.29, 1.82) is 0 Å². The number of hydroxylamine groups is 2. The van der Waals surface area contributed by atoms with Gasteiger partial charge in [-0.2, -0.15) is 0 Å². The van der Waals surface area contributed by atoms with E-state index in [1.54, 1.807) is 12.1 Å². The van der Waals surface area contributed by atoms with Crippen molar-refractivity contribution in [3.63, 3.8) is 0 Å². The molecule has 1 unspecified atom stereocenters. The molecule has 3 aromatic carbocycles. The molecule has 1 aliphatic heterocycles. The molecule has 0 aromatic heterocycles. The first-order chi connectivity index (χ1) is 16.9. The molecular formula is C27H22N2O6. The molecule has 0 saturated carbocycles. The van der Waals surface area contributed by atoms with Crippen molar-refractivity contribution >= 4 is 29.4 Å². The van der Waals surface area contributed by atoms with Crippen LogP contribution < -0.4 is 5.73 Å². The van der Waals surface area contributed by atoms with E-state index in [1.807, 2.05) is 48.5 Å². The molecule has 176 valence electrons. The van der Waals surface area contributed by atoms with Crippen LogP contribution in [0.4, 0.5) is 5.69 Å².